The Hall–Kier alpha value is -3.03. The fraction of sp³-hybridized carbons (Fsp3) is 0.389. The van der Waals surface area contributed by atoms with Crippen LogP contribution in [0.1, 0.15) is 20.8 Å². The SMILES string of the molecule is CC(C)(C)n1ncc2c(=O)[nH]c(NCC3COc4ccccc4O3)nc21. The fourth-order valence-corrected chi connectivity index (χ4v) is 2.87. The van der Waals surface area contributed by atoms with Gasteiger partial charge in [-0.15, -0.1) is 0 Å². The number of nitrogens with one attached hydrogen (secondary N) is 2. The highest BCUT2D eigenvalue weighted by Crippen LogP contribution is 2.30. The zero-order valence-corrected chi connectivity index (χ0v) is 14.9. The van der Waals surface area contributed by atoms with Crippen molar-refractivity contribution in [3.05, 3.63) is 40.8 Å². The number of fused-ring (bicyclic) bond motifs is 2. The summed E-state index contributed by atoms with van der Waals surface area (Å²) in [6.07, 6.45) is 1.36. The third kappa shape index (κ3) is 2.98. The molecule has 3 aromatic rings. The Balaban J connectivity index is 1.54. The maximum absolute atomic E-state index is 12.3. The van der Waals surface area contributed by atoms with Gasteiger partial charge in [-0.2, -0.15) is 10.1 Å². The van der Waals surface area contributed by atoms with E-state index in [0.717, 1.165) is 5.75 Å². The number of hydrogen-bond acceptors (Lipinski definition) is 6. The van der Waals surface area contributed by atoms with Gasteiger partial charge >= 0.3 is 0 Å². The van der Waals surface area contributed by atoms with E-state index in [-0.39, 0.29) is 17.2 Å². The van der Waals surface area contributed by atoms with E-state index in [4.69, 9.17) is 9.47 Å². The zero-order chi connectivity index (χ0) is 18.3. The minimum Gasteiger partial charge on any atom is -0.486 e. The van der Waals surface area contributed by atoms with E-state index in [2.05, 4.69) is 20.4 Å². The molecule has 0 amide bonds. The number of ether oxygens (including phenoxy) is 2. The number of nitrogens with zero attached hydrogens (tertiary/aromatic N) is 3. The first-order chi connectivity index (χ1) is 12.4. The van der Waals surface area contributed by atoms with E-state index in [0.29, 0.717) is 35.9 Å². The number of anilines is 1. The van der Waals surface area contributed by atoms with Crippen LogP contribution in [0.15, 0.2) is 35.3 Å². The van der Waals surface area contributed by atoms with Crippen LogP contribution in [-0.2, 0) is 5.54 Å². The molecule has 1 unspecified atom stereocenters. The Morgan fingerprint density at radius 2 is 2.08 bits per heavy atom. The van der Waals surface area contributed by atoms with E-state index in [1.807, 2.05) is 45.0 Å². The lowest BCUT2D eigenvalue weighted by atomic mass is 10.1. The van der Waals surface area contributed by atoms with Gasteiger partial charge in [-0.1, -0.05) is 12.1 Å². The summed E-state index contributed by atoms with van der Waals surface area (Å²) in [5.74, 6) is 1.84. The van der Waals surface area contributed by atoms with Gasteiger partial charge in [0.2, 0.25) is 5.95 Å². The molecule has 8 heteroatoms. The second-order valence-electron chi connectivity index (χ2n) is 7.26. The molecule has 0 bridgehead atoms. The molecule has 26 heavy (non-hydrogen) atoms. The Labute approximate surface area is 150 Å². The molecule has 4 rings (SSSR count). The van der Waals surface area contributed by atoms with Crippen molar-refractivity contribution >= 4 is 17.0 Å². The molecule has 1 aliphatic heterocycles. The van der Waals surface area contributed by atoms with Crippen LogP contribution in [0, 0.1) is 0 Å². The second-order valence-corrected chi connectivity index (χ2v) is 7.26. The van der Waals surface area contributed by atoms with E-state index in [1.54, 1.807) is 10.9 Å². The van der Waals surface area contributed by atoms with Crippen LogP contribution in [0.25, 0.3) is 11.0 Å². The van der Waals surface area contributed by atoms with Gasteiger partial charge in [0.15, 0.2) is 17.1 Å². The number of aromatic amines is 1. The fourth-order valence-electron chi connectivity index (χ4n) is 2.87. The van der Waals surface area contributed by atoms with Crippen molar-refractivity contribution in [3.8, 4) is 11.5 Å². The Kier molecular flexibility index (Phi) is 3.82. The minimum atomic E-state index is -0.274. The number of benzene rings is 1. The first-order valence-corrected chi connectivity index (χ1v) is 8.53. The third-order valence-electron chi connectivity index (χ3n) is 4.14. The van der Waals surface area contributed by atoms with Crippen LogP contribution in [0.5, 0.6) is 11.5 Å². The molecule has 0 aliphatic carbocycles. The van der Waals surface area contributed by atoms with Gasteiger partial charge in [0.25, 0.3) is 5.56 Å². The van der Waals surface area contributed by atoms with Crippen molar-refractivity contribution in [2.24, 2.45) is 0 Å². The van der Waals surface area contributed by atoms with Crippen LogP contribution < -0.4 is 20.3 Å². The molecular weight excluding hydrogens is 334 g/mol. The number of rotatable bonds is 3. The molecule has 2 aromatic heterocycles. The summed E-state index contributed by atoms with van der Waals surface area (Å²) < 4.78 is 13.4. The highest BCUT2D eigenvalue weighted by Gasteiger charge is 2.22. The average Bonchev–Trinajstić information content (AvgIpc) is 3.05. The Bertz CT molecular complexity index is 1000. The standard InChI is InChI=1S/C18H21N5O3/c1-18(2,3)23-15-12(9-20-23)16(24)22-17(21-15)19-8-11-10-25-13-6-4-5-7-14(13)26-11/h4-7,9,11H,8,10H2,1-3H3,(H2,19,21,22,24). The minimum absolute atomic E-state index is 0.182. The summed E-state index contributed by atoms with van der Waals surface area (Å²) >= 11 is 0. The van der Waals surface area contributed by atoms with E-state index in [1.165, 1.54) is 0 Å². The molecule has 1 aromatic carbocycles. The molecule has 0 saturated carbocycles. The monoisotopic (exact) mass is 355 g/mol. The summed E-state index contributed by atoms with van der Waals surface area (Å²) in [4.78, 5) is 19.6. The molecule has 0 spiro atoms. The molecule has 0 fully saturated rings. The molecule has 0 saturated heterocycles. The van der Waals surface area contributed by atoms with Crippen LogP contribution >= 0.6 is 0 Å². The Morgan fingerprint density at radius 3 is 2.85 bits per heavy atom. The summed E-state index contributed by atoms with van der Waals surface area (Å²) in [6, 6.07) is 7.55. The number of para-hydroxylation sites is 2. The topological polar surface area (TPSA) is 94.1 Å². The van der Waals surface area contributed by atoms with Crippen molar-refractivity contribution in [1.29, 1.82) is 0 Å². The molecule has 8 nitrogen and oxygen atoms in total. The van der Waals surface area contributed by atoms with Gasteiger partial charge in [-0.3, -0.25) is 9.78 Å². The molecule has 1 atom stereocenters. The van der Waals surface area contributed by atoms with Crippen molar-refractivity contribution < 1.29 is 9.47 Å². The zero-order valence-electron chi connectivity index (χ0n) is 14.9. The van der Waals surface area contributed by atoms with E-state index >= 15 is 0 Å². The third-order valence-corrected chi connectivity index (χ3v) is 4.14. The summed E-state index contributed by atoms with van der Waals surface area (Å²) in [5.41, 5.74) is 0.0539. The van der Waals surface area contributed by atoms with Crippen LogP contribution in [0.2, 0.25) is 0 Å². The number of H-pyrrole nitrogens is 1. The first kappa shape index (κ1) is 16.4. The predicted molar refractivity (Wildman–Crippen MR) is 98.0 cm³/mol. The molecule has 0 radical (unpaired) electrons. The predicted octanol–water partition coefficient (Wildman–Crippen LogP) is 2.13. The number of aromatic nitrogens is 4. The van der Waals surface area contributed by atoms with E-state index in [9.17, 15) is 4.79 Å². The van der Waals surface area contributed by atoms with Crippen molar-refractivity contribution in [1.82, 2.24) is 19.7 Å². The van der Waals surface area contributed by atoms with Crippen molar-refractivity contribution in [3.63, 3.8) is 0 Å². The van der Waals surface area contributed by atoms with Gasteiger partial charge in [-0.25, -0.2) is 4.68 Å². The lowest BCUT2D eigenvalue weighted by molar-refractivity contribution is 0.0996. The maximum Gasteiger partial charge on any atom is 0.263 e. The van der Waals surface area contributed by atoms with E-state index < -0.39 is 0 Å². The largest absolute Gasteiger partial charge is 0.486 e. The summed E-state index contributed by atoms with van der Waals surface area (Å²) in [5, 5.41) is 7.91. The van der Waals surface area contributed by atoms with Gasteiger partial charge < -0.3 is 14.8 Å². The first-order valence-electron chi connectivity index (χ1n) is 8.53. The van der Waals surface area contributed by atoms with Gasteiger partial charge in [-0.05, 0) is 32.9 Å². The molecule has 136 valence electrons. The number of hydrogen-bond donors (Lipinski definition) is 2. The highest BCUT2D eigenvalue weighted by atomic mass is 16.6. The molecule has 1 aliphatic rings. The lowest BCUT2D eigenvalue weighted by Gasteiger charge is -2.26. The van der Waals surface area contributed by atoms with Crippen LogP contribution in [-0.4, -0.2) is 39.0 Å². The van der Waals surface area contributed by atoms with Crippen molar-refractivity contribution in [2.75, 3.05) is 18.5 Å². The lowest BCUT2D eigenvalue weighted by Crippen LogP contribution is -2.35. The quantitative estimate of drug-likeness (QED) is 0.747. The Morgan fingerprint density at radius 1 is 1.31 bits per heavy atom. The van der Waals surface area contributed by atoms with Gasteiger partial charge in [0.05, 0.1) is 18.3 Å². The highest BCUT2D eigenvalue weighted by molar-refractivity contribution is 5.74. The molecular formula is C18H21N5O3. The van der Waals surface area contributed by atoms with Crippen molar-refractivity contribution in [2.45, 2.75) is 32.4 Å². The average molecular weight is 355 g/mol. The van der Waals surface area contributed by atoms with Gasteiger partial charge in [0, 0.05) is 0 Å². The normalized spacial score (nSPS) is 16.7. The summed E-state index contributed by atoms with van der Waals surface area (Å²) in [6.45, 7) is 6.92. The van der Waals surface area contributed by atoms with Gasteiger partial charge in [0.1, 0.15) is 18.1 Å². The molecule has 3 heterocycles. The smallest absolute Gasteiger partial charge is 0.263 e. The maximum atomic E-state index is 12.3. The summed E-state index contributed by atoms with van der Waals surface area (Å²) in [7, 11) is 0. The van der Waals surface area contributed by atoms with Crippen LogP contribution in [0.4, 0.5) is 5.95 Å². The molecule has 2 N–H and O–H groups in total. The second kappa shape index (κ2) is 6.05. The van der Waals surface area contributed by atoms with Crippen LogP contribution in [0.3, 0.4) is 0 Å².